The van der Waals surface area contributed by atoms with Gasteiger partial charge in [0.25, 0.3) is 5.91 Å². The number of amides is 1. The van der Waals surface area contributed by atoms with Crippen LogP contribution in [0.1, 0.15) is 10.4 Å². The van der Waals surface area contributed by atoms with Gasteiger partial charge in [-0.05, 0) is 12.1 Å². The largest absolute Gasteiger partial charge is 0.316 e. The van der Waals surface area contributed by atoms with Gasteiger partial charge >= 0.3 is 0 Å². The molecule has 1 N–H and O–H groups in total. The van der Waals surface area contributed by atoms with E-state index in [0.29, 0.717) is 10.6 Å². The maximum atomic E-state index is 11.5. The zero-order valence-corrected chi connectivity index (χ0v) is 7.97. The molecule has 0 spiro atoms. The Kier molecular flexibility index (Phi) is 2.25. The minimum absolute atomic E-state index is 0.152. The highest BCUT2D eigenvalue weighted by atomic mass is 32.2. The number of hydrogen-bond donors (Lipinski definition) is 1. The van der Waals surface area contributed by atoms with Crippen LogP contribution in [0, 0.1) is 11.3 Å². The van der Waals surface area contributed by atoms with Gasteiger partial charge in [-0.15, -0.1) is 0 Å². The Bertz CT molecular complexity index is 459. The number of nitriles is 1. The number of carbonyl (C=O) groups excluding carboxylic acids is 1. The number of fused-ring (bicyclic) bond motifs is 1. The molecule has 1 heterocycles. The van der Waals surface area contributed by atoms with E-state index in [-0.39, 0.29) is 5.91 Å². The Hall–Kier alpha value is -1.73. The van der Waals surface area contributed by atoms with Crippen molar-refractivity contribution in [2.75, 3.05) is 0 Å². The van der Waals surface area contributed by atoms with E-state index in [1.165, 1.54) is 17.8 Å². The third kappa shape index (κ3) is 1.50. The summed E-state index contributed by atoms with van der Waals surface area (Å²) in [6.45, 7) is 0. The molecule has 0 saturated heterocycles. The quantitative estimate of drug-likeness (QED) is 0.653. The molecule has 1 aromatic rings. The molecule has 0 radical (unpaired) electrons. The highest BCUT2D eigenvalue weighted by molar-refractivity contribution is 8.03. The summed E-state index contributed by atoms with van der Waals surface area (Å²) in [5.41, 5.74) is 0.660. The lowest BCUT2D eigenvalue weighted by Crippen LogP contribution is -2.25. The number of allylic oxidation sites excluding steroid dienone is 1. The fraction of sp³-hybridized carbons (Fsp3) is 0. The van der Waals surface area contributed by atoms with Crippen LogP contribution < -0.4 is 5.32 Å². The first-order valence-electron chi connectivity index (χ1n) is 3.99. The van der Waals surface area contributed by atoms with Crippen molar-refractivity contribution in [1.29, 1.82) is 5.26 Å². The number of nitrogens with one attached hydrogen (secondary N) is 1. The highest BCUT2D eigenvalue weighted by Gasteiger charge is 2.19. The van der Waals surface area contributed by atoms with E-state index >= 15 is 0 Å². The molecule has 0 aliphatic carbocycles. The van der Waals surface area contributed by atoms with Crippen LogP contribution in [0.25, 0.3) is 0 Å². The molecule has 1 aliphatic rings. The standard InChI is InChI=1S/C10H6N2OS/c11-6-5-9-12-10(13)7-3-1-2-4-8(7)14-9/h1-5H,(H,12,13)/b9-5-. The van der Waals surface area contributed by atoms with Crippen LogP contribution >= 0.6 is 11.8 Å². The molecule has 4 heteroatoms. The topological polar surface area (TPSA) is 52.9 Å². The van der Waals surface area contributed by atoms with Crippen molar-refractivity contribution in [1.82, 2.24) is 5.32 Å². The Labute approximate surface area is 85.4 Å². The first-order valence-corrected chi connectivity index (χ1v) is 4.81. The van der Waals surface area contributed by atoms with Crippen LogP contribution in [0.3, 0.4) is 0 Å². The van der Waals surface area contributed by atoms with Crippen molar-refractivity contribution in [3.05, 3.63) is 40.9 Å². The highest BCUT2D eigenvalue weighted by Crippen LogP contribution is 2.31. The minimum Gasteiger partial charge on any atom is -0.316 e. The van der Waals surface area contributed by atoms with Crippen molar-refractivity contribution in [2.45, 2.75) is 4.90 Å². The van der Waals surface area contributed by atoms with Gasteiger partial charge in [-0.1, -0.05) is 23.9 Å². The van der Waals surface area contributed by atoms with Gasteiger partial charge in [0.1, 0.15) is 0 Å². The lowest BCUT2D eigenvalue weighted by Gasteiger charge is -2.17. The molecule has 68 valence electrons. The summed E-state index contributed by atoms with van der Waals surface area (Å²) in [4.78, 5) is 12.4. The smallest absolute Gasteiger partial charge is 0.257 e. The molecule has 1 aliphatic heterocycles. The van der Waals surface area contributed by atoms with Crippen molar-refractivity contribution < 1.29 is 4.79 Å². The average Bonchev–Trinajstić information content (AvgIpc) is 2.18. The van der Waals surface area contributed by atoms with Crippen LogP contribution in [0.5, 0.6) is 0 Å². The van der Waals surface area contributed by atoms with Gasteiger partial charge < -0.3 is 5.32 Å². The first kappa shape index (κ1) is 8.85. The summed E-state index contributed by atoms with van der Waals surface area (Å²) in [6, 6.07) is 9.21. The second-order valence-electron chi connectivity index (χ2n) is 2.69. The van der Waals surface area contributed by atoms with E-state index < -0.39 is 0 Å². The van der Waals surface area contributed by atoms with Crippen LogP contribution in [-0.4, -0.2) is 5.91 Å². The SMILES string of the molecule is N#C/C=C1/NC(=O)c2ccccc2S1. The van der Waals surface area contributed by atoms with Crippen molar-refractivity contribution in [3.8, 4) is 6.07 Å². The van der Waals surface area contributed by atoms with Gasteiger partial charge in [-0.2, -0.15) is 5.26 Å². The van der Waals surface area contributed by atoms with Crippen molar-refractivity contribution in [3.63, 3.8) is 0 Å². The fourth-order valence-electron chi connectivity index (χ4n) is 1.19. The molecule has 1 aromatic carbocycles. The first-order chi connectivity index (χ1) is 6.81. The van der Waals surface area contributed by atoms with Crippen LogP contribution in [0.15, 0.2) is 40.3 Å². The molecule has 0 fully saturated rings. The summed E-state index contributed by atoms with van der Waals surface area (Å²) >= 11 is 1.39. The molecular weight excluding hydrogens is 196 g/mol. The van der Waals surface area contributed by atoms with Gasteiger partial charge in [0.15, 0.2) is 0 Å². The number of nitrogens with zero attached hydrogens (tertiary/aromatic N) is 1. The zero-order valence-electron chi connectivity index (χ0n) is 7.15. The predicted octanol–water partition coefficient (Wildman–Crippen LogP) is 1.89. The number of benzene rings is 1. The van der Waals surface area contributed by atoms with Gasteiger partial charge in [0, 0.05) is 11.0 Å². The summed E-state index contributed by atoms with van der Waals surface area (Å²) in [7, 11) is 0. The Morgan fingerprint density at radius 2 is 2.21 bits per heavy atom. The normalized spacial score (nSPS) is 17.1. The maximum absolute atomic E-state index is 11.5. The zero-order chi connectivity index (χ0) is 9.97. The number of rotatable bonds is 0. The van der Waals surface area contributed by atoms with E-state index in [9.17, 15) is 4.79 Å². The minimum atomic E-state index is -0.152. The Morgan fingerprint density at radius 1 is 1.43 bits per heavy atom. The lowest BCUT2D eigenvalue weighted by atomic mass is 10.2. The van der Waals surface area contributed by atoms with E-state index in [1.54, 1.807) is 6.07 Å². The number of hydrogen-bond acceptors (Lipinski definition) is 3. The van der Waals surface area contributed by atoms with E-state index in [2.05, 4.69) is 5.32 Å². The third-order valence-electron chi connectivity index (χ3n) is 1.78. The second kappa shape index (κ2) is 3.56. The third-order valence-corrected chi connectivity index (χ3v) is 2.80. The van der Waals surface area contributed by atoms with Gasteiger partial charge in [0.05, 0.1) is 16.7 Å². The molecule has 2 rings (SSSR count). The number of thioether (sulfide) groups is 1. The Morgan fingerprint density at radius 3 is 3.00 bits per heavy atom. The Balaban J connectivity index is 2.44. The molecule has 3 nitrogen and oxygen atoms in total. The van der Waals surface area contributed by atoms with E-state index in [4.69, 9.17) is 5.26 Å². The second-order valence-corrected chi connectivity index (χ2v) is 3.77. The molecule has 0 saturated carbocycles. The van der Waals surface area contributed by atoms with Gasteiger partial charge in [-0.25, -0.2) is 0 Å². The maximum Gasteiger partial charge on any atom is 0.257 e. The van der Waals surface area contributed by atoms with Crippen molar-refractivity contribution >= 4 is 17.7 Å². The van der Waals surface area contributed by atoms with Gasteiger partial charge in [-0.3, -0.25) is 4.79 Å². The predicted molar refractivity (Wildman–Crippen MR) is 53.5 cm³/mol. The summed E-state index contributed by atoms with van der Waals surface area (Å²) in [6.07, 6.45) is 1.33. The molecule has 0 unspecified atom stereocenters. The monoisotopic (exact) mass is 202 g/mol. The fourth-order valence-corrected chi connectivity index (χ4v) is 2.10. The summed E-state index contributed by atoms with van der Waals surface area (Å²) in [5.74, 6) is -0.152. The summed E-state index contributed by atoms with van der Waals surface area (Å²) in [5, 5.41) is 11.7. The molecule has 0 aromatic heterocycles. The van der Waals surface area contributed by atoms with E-state index in [0.717, 1.165) is 4.90 Å². The lowest BCUT2D eigenvalue weighted by molar-refractivity contribution is 0.0964. The molecule has 1 amide bonds. The van der Waals surface area contributed by atoms with Crippen LogP contribution in [0.2, 0.25) is 0 Å². The van der Waals surface area contributed by atoms with Crippen LogP contribution in [-0.2, 0) is 0 Å². The molecule has 0 bridgehead atoms. The van der Waals surface area contributed by atoms with Crippen LogP contribution in [0.4, 0.5) is 0 Å². The van der Waals surface area contributed by atoms with Crippen molar-refractivity contribution in [2.24, 2.45) is 0 Å². The summed E-state index contributed by atoms with van der Waals surface area (Å²) < 4.78 is 0. The van der Waals surface area contributed by atoms with E-state index in [1.807, 2.05) is 24.3 Å². The average molecular weight is 202 g/mol. The molecule has 0 atom stereocenters. The molecule has 14 heavy (non-hydrogen) atoms. The molecular formula is C10H6N2OS. The van der Waals surface area contributed by atoms with Gasteiger partial charge in [0.2, 0.25) is 0 Å². The number of carbonyl (C=O) groups is 1.